The number of aromatic nitrogens is 5. The highest BCUT2D eigenvalue weighted by molar-refractivity contribution is 5.59. The van der Waals surface area contributed by atoms with Crippen molar-refractivity contribution < 1.29 is 9.50 Å². The molecule has 2 N–H and O–H groups in total. The van der Waals surface area contributed by atoms with Crippen molar-refractivity contribution in [3.63, 3.8) is 0 Å². The molecule has 0 aliphatic rings. The molecule has 1 aromatic carbocycles. The fourth-order valence-electron chi connectivity index (χ4n) is 3.30. The van der Waals surface area contributed by atoms with Crippen molar-refractivity contribution in [2.24, 2.45) is 0 Å². The van der Waals surface area contributed by atoms with E-state index in [-0.39, 0.29) is 12.4 Å². The lowest BCUT2D eigenvalue weighted by Crippen LogP contribution is -2.09. The van der Waals surface area contributed by atoms with E-state index in [4.69, 9.17) is 0 Å². The van der Waals surface area contributed by atoms with Crippen molar-refractivity contribution in [3.05, 3.63) is 83.3 Å². The van der Waals surface area contributed by atoms with Crippen molar-refractivity contribution >= 4 is 5.82 Å². The molecule has 3 aromatic heterocycles. The van der Waals surface area contributed by atoms with Crippen LogP contribution in [0.15, 0.2) is 55.0 Å². The number of halogens is 1. The van der Waals surface area contributed by atoms with Crippen LogP contribution in [0.25, 0.3) is 17.1 Å². The Bertz CT molecular complexity index is 1190. The quantitative estimate of drug-likeness (QED) is 0.477. The SMILES string of the molecule is Cc1cn(-c2ccc(-c3cc(C)c(NCCc4ccc(F)cc4)nn3)nc2CO)cn1. The fourth-order valence-corrected chi connectivity index (χ4v) is 3.30. The summed E-state index contributed by atoms with van der Waals surface area (Å²) in [5, 5.41) is 21.7. The molecule has 31 heavy (non-hydrogen) atoms. The molecule has 7 nitrogen and oxygen atoms in total. The van der Waals surface area contributed by atoms with Crippen LogP contribution < -0.4 is 5.32 Å². The number of nitrogens with one attached hydrogen (secondary N) is 1. The van der Waals surface area contributed by atoms with Crippen molar-refractivity contribution in [1.29, 1.82) is 0 Å². The van der Waals surface area contributed by atoms with Crippen LogP contribution in [-0.2, 0) is 13.0 Å². The minimum Gasteiger partial charge on any atom is -0.390 e. The third-order valence-electron chi connectivity index (χ3n) is 4.96. The van der Waals surface area contributed by atoms with E-state index in [1.807, 2.05) is 42.8 Å². The molecule has 0 radical (unpaired) electrons. The number of aliphatic hydroxyl groups excluding tert-OH is 1. The van der Waals surface area contributed by atoms with Gasteiger partial charge in [0.1, 0.15) is 11.5 Å². The van der Waals surface area contributed by atoms with E-state index >= 15 is 0 Å². The van der Waals surface area contributed by atoms with Gasteiger partial charge in [-0.3, -0.25) is 0 Å². The van der Waals surface area contributed by atoms with Crippen LogP contribution in [0.5, 0.6) is 0 Å². The predicted octanol–water partition coefficient (Wildman–Crippen LogP) is 3.63. The van der Waals surface area contributed by atoms with Crippen LogP contribution >= 0.6 is 0 Å². The van der Waals surface area contributed by atoms with Crippen LogP contribution in [0.2, 0.25) is 0 Å². The fraction of sp³-hybridized carbons (Fsp3) is 0.217. The Balaban J connectivity index is 1.48. The predicted molar refractivity (Wildman–Crippen MR) is 116 cm³/mol. The van der Waals surface area contributed by atoms with E-state index in [0.29, 0.717) is 29.4 Å². The maximum Gasteiger partial charge on any atom is 0.151 e. The number of nitrogens with zero attached hydrogens (tertiary/aromatic N) is 5. The molecule has 4 rings (SSSR count). The zero-order valence-electron chi connectivity index (χ0n) is 17.4. The molecule has 0 aliphatic heterocycles. The molecule has 0 aliphatic carbocycles. The van der Waals surface area contributed by atoms with Crippen molar-refractivity contribution in [2.45, 2.75) is 26.9 Å². The second-order valence-corrected chi connectivity index (χ2v) is 7.31. The van der Waals surface area contributed by atoms with Gasteiger partial charge in [0.15, 0.2) is 5.82 Å². The second kappa shape index (κ2) is 9.01. The van der Waals surface area contributed by atoms with E-state index < -0.39 is 0 Å². The highest BCUT2D eigenvalue weighted by atomic mass is 19.1. The second-order valence-electron chi connectivity index (χ2n) is 7.31. The largest absolute Gasteiger partial charge is 0.390 e. The van der Waals surface area contributed by atoms with Gasteiger partial charge >= 0.3 is 0 Å². The molecule has 0 amide bonds. The van der Waals surface area contributed by atoms with Crippen molar-refractivity contribution in [2.75, 3.05) is 11.9 Å². The number of rotatable bonds is 7. The summed E-state index contributed by atoms with van der Waals surface area (Å²) in [6.07, 6.45) is 4.33. The Morgan fingerprint density at radius 1 is 1.03 bits per heavy atom. The van der Waals surface area contributed by atoms with Gasteiger partial charge < -0.3 is 15.0 Å². The van der Waals surface area contributed by atoms with Gasteiger partial charge in [-0.25, -0.2) is 14.4 Å². The molecule has 8 heteroatoms. The molecule has 158 valence electrons. The zero-order chi connectivity index (χ0) is 21.8. The van der Waals surface area contributed by atoms with Gasteiger partial charge in [0.25, 0.3) is 0 Å². The standard InChI is InChI=1S/C23H23FN6O/c1-15-11-20(28-29-23(15)25-10-9-17-3-5-18(24)6-4-17)19-7-8-22(21(13-31)27-19)30-12-16(2)26-14-30/h3-8,11-12,14,31H,9-10,13H2,1-2H3,(H,25,29). The molecule has 3 heterocycles. The van der Waals surface area contributed by atoms with Crippen LogP contribution in [0.4, 0.5) is 10.2 Å². The lowest BCUT2D eigenvalue weighted by molar-refractivity contribution is 0.276. The first-order chi connectivity index (χ1) is 15.0. The van der Waals surface area contributed by atoms with Crippen LogP contribution in [-0.4, -0.2) is 36.4 Å². The highest BCUT2D eigenvalue weighted by Gasteiger charge is 2.12. The molecule has 0 atom stereocenters. The number of benzene rings is 1. The van der Waals surface area contributed by atoms with Gasteiger partial charge in [-0.1, -0.05) is 12.1 Å². The molecule has 0 saturated carbocycles. The first-order valence-electron chi connectivity index (χ1n) is 9.98. The number of pyridine rings is 1. The maximum atomic E-state index is 13.0. The third-order valence-corrected chi connectivity index (χ3v) is 4.96. The Hall–Kier alpha value is -3.65. The van der Waals surface area contributed by atoms with Crippen molar-refractivity contribution in [3.8, 4) is 17.1 Å². The summed E-state index contributed by atoms with van der Waals surface area (Å²) in [6.45, 7) is 4.32. The van der Waals surface area contributed by atoms with Gasteiger partial charge in [-0.15, -0.1) is 10.2 Å². The minimum atomic E-state index is -0.236. The summed E-state index contributed by atoms with van der Waals surface area (Å²) in [5.74, 6) is 0.457. The average Bonchev–Trinajstić information content (AvgIpc) is 3.21. The summed E-state index contributed by atoms with van der Waals surface area (Å²) >= 11 is 0. The average molecular weight is 418 g/mol. The maximum absolute atomic E-state index is 13.0. The van der Waals surface area contributed by atoms with Gasteiger partial charge in [0, 0.05) is 12.7 Å². The molecular weight excluding hydrogens is 395 g/mol. The van der Waals surface area contributed by atoms with Gasteiger partial charge in [-0.2, -0.15) is 0 Å². The van der Waals surface area contributed by atoms with Crippen LogP contribution in [0, 0.1) is 19.7 Å². The van der Waals surface area contributed by atoms with Crippen molar-refractivity contribution in [1.82, 2.24) is 24.7 Å². The van der Waals surface area contributed by atoms with E-state index in [2.05, 4.69) is 25.5 Å². The monoisotopic (exact) mass is 418 g/mol. The Morgan fingerprint density at radius 3 is 2.52 bits per heavy atom. The molecule has 0 unspecified atom stereocenters. The normalized spacial score (nSPS) is 11.0. The summed E-state index contributed by atoms with van der Waals surface area (Å²) in [4.78, 5) is 8.80. The number of aliphatic hydroxyl groups is 1. The van der Waals surface area contributed by atoms with E-state index in [1.54, 1.807) is 18.5 Å². The number of hydrogen-bond acceptors (Lipinski definition) is 6. The smallest absolute Gasteiger partial charge is 0.151 e. The first kappa shape index (κ1) is 20.6. The molecule has 0 bridgehead atoms. The summed E-state index contributed by atoms with van der Waals surface area (Å²) < 4.78 is 14.8. The van der Waals surface area contributed by atoms with E-state index in [9.17, 15) is 9.50 Å². The lowest BCUT2D eigenvalue weighted by atomic mass is 10.1. The third kappa shape index (κ3) is 4.75. The van der Waals surface area contributed by atoms with E-state index in [1.165, 1.54) is 12.1 Å². The van der Waals surface area contributed by atoms with Gasteiger partial charge in [-0.05, 0) is 61.7 Å². The van der Waals surface area contributed by atoms with Gasteiger partial charge in [0.05, 0.1) is 35.7 Å². The summed E-state index contributed by atoms with van der Waals surface area (Å²) in [7, 11) is 0. The zero-order valence-corrected chi connectivity index (χ0v) is 17.4. The summed E-state index contributed by atoms with van der Waals surface area (Å²) in [6, 6.07) is 12.1. The molecule has 0 fully saturated rings. The van der Waals surface area contributed by atoms with E-state index in [0.717, 1.165) is 28.9 Å². The Labute approximate surface area is 179 Å². The number of aryl methyl sites for hydroxylation is 2. The first-order valence-corrected chi connectivity index (χ1v) is 9.98. The molecule has 0 saturated heterocycles. The Kier molecular flexibility index (Phi) is 5.99. The minimum absolute atomic E-state index is 0.199. The molecule has 0 spiro atoms. The van der Waals surface area contributed by atoms with Crippen LogP contribution in [0.1, 0.15) is 22.5 Å². The van der Waals surface area contributed by atoms with Crippen LogP contribution in [0.3, 0.4) is 0 Å². The number of imidazole rings is 1. The Morgan fingerprint density at radius 2 is 1.84 bits per heavy atom. The van der Waals surface area contributed by atoms with Gasteiger partial charge in [0.2, 0.25) is 0 Å². The number of hydrogen-bond donors (Lipinski definition) is 2. The number of anilines is 1. The topological polar surface area (TPSA) is 88.8 Å². The molecule has 4 aromatic rings. The molecular formula is C23H23FN6O. The lowest BCUT2D eigenvalue weighted by Gasteiger charge is -2.11. The summed E-state index contributed by atoms with van der Waals surface area (Å²) in [5.41, 5.74) is 5.45. The highest BCUT2D eigenvalue weighted by Crippen LogP contribution is 2.22.